The summed E-state index contributed by atoms with van der Waals surface area (Å²) in [5.74, 6) is 0.960. The van der Waals surface area contributed by atoms with E-state index in [1.54, 1.807) is 7.11 Å². The maximum Gasteiger partial charge on any atom is 0.122 e. The maximum atomic E-state index is 6.39. The van der Waals surface area contributed by atoms with Crippen LogP contribution >= 0.6 is 0 Å². The fourth-order valence-corrected chi connectivity index (χ4v) is 2.62. The first-order chi connectivity index (χ1) is 7.42. The fraction of sp³-hybridized carbons (Fsp3) is 0.571. The molecular formula is C14H21NO. The summed E-state index contributed by atoms with van der Waals surface area (Å²) >= 11 is 0. The molecule has 2 rings (SSSR count). The Morgan fingerprint density at radius 1 is 1.31 bits per heavy atom. The summed E-state index contributed by atoms with van der Waals surface area (Å²) in [5, 5.41) is 0. The van der Waals surface area contributed by atoms with Gasteiger partial charge in [-0.05, 0) is 31.4 Å². The second-order valence-corrected chi connectivity index (χ2v) is 5.43. The van der Waals surface area contributed by atoms with Crippen LogP contribution in [0.4, 0.5) is 0 Å². The smallest absolute Gasteiger partial charge is 0.122 e. The molecule has 2 N–H and O–H groups in total. The molecule has 0 saturated heterocycles. The average Bonchev–Trinajstić information content (AvgIpc) is 2.97. The van der Waals surface area contributed by atoms with Crippen LogP contribution in [0.25, 0.3) is 0 Å². The summed E-state index contributed by atoms with van der Waals surface area (Å²) in [6.45, 7) is 6.58. The van der Waals surface area contributed by atoms with Crippen LogP contribution in [0, 0.1) is 6.92 Å². The minimum atomic E-state index is -0.0492. The molecule has 0 radical (unpaired) electrons. The molecule has 0 spiro atoms. The second-order valence-electron chi connectivity index (χ2n) is 5.43. The standard InChI is InChI=1S/C14H21NO/c1-10-6-5-7-11(16-4)12(10)13(2,3)14(15)8-9-14/h5-7H,8-9,15H2,1-4H3. The van der Waals surface area contributed by atoms with Gasteiger partial charge < -0.3 is 10.5 Å². The predicted octanol–water partition coefficient (Wildman–Crippen LogP) is 2.77. The van der Waals surface area contributed by atoms with E-state index in [1.807, 2.05) is 12.1 Å². The van der Waals surface area contributed by atoms with E-state index in [0.717, 1.165) is 18.6 Å². The molecule has 1 fully saturated rings. The van der Waals surface area contributed by atoms with Crippen molar-refractivity contribution < 1.29 is 4.74 Å². The summed E-state index contributed by atoms with van der Waals surface area (Å²) < 4.78 is 5.48. The van der Waals surface area contributed by atoms with Crippen molar-refractivity contribution in [2.75, 3.05) is 7.11 Å². The number of ether oxygens (including phenoxy) is 1. The van der Waals surface area contributed by atoms with Crippen LogP contribution in [0.15, 0.2) is 18.2 Å². The molecule has 1 aromatic rings. The fourth-order valence-electron chi connectivity index (χ4n) is 2.62. The van der Waals surface area contributed by atoms with E-state index in [2.05, 4.69) is 26.8 Å². The van der Waals surface area contributed by atoms with E-state index in [9.17, 15) is 0 Å². The van der Waals surface area contributed by atoms with Crippen molar-refractivity contribution in [1.29, 1.82) is 0 Å². The van der Waals surface area contributed by atoms with Gasteiger partial charge in [-0.2, -0.15) is 0 Å². The lowest BCUT2D eigenvalue weighted by atomic mass is 9.74. The van der Waals surface area contributed by atoms with Crippen molar-refractivity contribution in [2.24, 2.45) is 5.73 Å². The Balaban J connectivity index is 2.54. The molecule has 2 heteroatoms. The minimum absolute atomic E-state index is 0.0241. The summed E-state index contributed by atoms with van der Waals surface area (Å²) in [6, 6.07) is 6.19. The topological polar surface area (TPSA) is 35.2 Å². The Morgan fingerprint density at radius 2 is 1.94 bits per heavy atom. The molecule has 1 aliphatic carbocycles. The van der Waals surface area contributed by atoms with Crippen LogP contribution in [-0.2, 0) is 5.41 Å². The lowest BCUT2D eigenvalue weighted by Gasteiger charge is -2.35. The molecule has 16 heavy (non-hydrogen) atoms. The molecule has 0 unspecified atom stereocenters. The van der Waals surface area contributed by atoms with E-state index in [4.69, 9.17) is 10.5 Å². The number of methoxy groups -OCH3 is 1. The van der Waals surface area contributed by atoms with Gasteiger partial charge in [-0.25, -0.2) is 0 Å². The molecule has 0 amide bonds. The van der Waals surface area contributed by atoms with E-state index in [0.29, 0.717) is 0 Å². The SMILES string of the molecule is COc1cccc(C)c1C(C)(C)C1(N)CC1. The van der Waals surface area contributed by atoms with Crippen molar-refractivity contribution in [2.45, 2.75) is 44.6 Å². The van der Waals surface area contributed by atoms with Gasteiger partial charge in [0.2, 0.25) is 0 Å². The molecule has 2 nitrogen and oxygen atoms in total. The van der Waals surface area contributed by atoms with Crippen molar-refractivity contribution in [3.63, 3.8) is 0 Å². The van der Waals surface area contributed by atoms with E-state index >= 15 is 0 Å². The number of hydrogen-bond donors (Lipinski definition) is 1. The van der Waals surface area contributed by atoms with Crippen molar-refractivity contribution in [1.82, 2.24) is 0 Å². The third-order valence-corrected chi connectivity index (χ3v) is 4.11. The molecule has 0 bridgehead atoms. The van der Waals surface area contributed by atoms with Gasteiger partial charge in [0.15, 0.2) is 0 Å². The van der Waals surface area contributed by atoms with Crippen LogP contribution in [0.1, 0.15) is 37.8 Å². The first-order valence-corrected chi connectivity index (χ1v) is 5.85. The van der Waals surface area contributed by atoms with Crippen molar-refractivity contribution in [3.8, 4) is 5.75 Å². The minimum Gasteiger partial charge on any atom is -0.496 e. The first-order valence-electron chi connectivity index (χ1n) is 5.85. The molecule has 1 saturated carbocycles. The van der Waals surface area contributed by atoms with Crippen LogP contribution in [0.2, 0.25) is 0 Å². The second kappa shape index (κ2) is 3.49. The quantitative estimate of drug-likeness (QED) is 0.848. The summed E-state index contributed by atoms with van der Waals surface area (Å²) in [6.07, 6.45) is 2.22. The maximum absolute atomic E-state index is 6.39. The third-order valence-electron chi connectivity index (χ3n) is 4.11. The Labute approximate surface area is 97.8 Å². The van der Waals surface area contributed by atoms with Crippen LogP contribution < -0.4 is 10.5 Å². The lowest BCUT2D eigenvalue weighted by molar-refractivity contribution is 0.352. The highest BCUT2D eigenvalue weighted by Gasteiger charge is 2.53. The van der Waals surface area contributed by atoms with Gasteiger partial charge in [0.05, 0.1) is 7.11 Å². The number of benzene rings is 1. The van der Waals surface area contributed by atoms with E-state index in [-0.39, 0.29) is 11.0 Å². The summed E-state index contributed by atoms with van der Waals surface area (Å²) in [5.41, 5.74) is 8.85. The van der Waals surface area contributed by atoms with Crippen LogP contribution in [0.3, 0.4) is 0 Å². The highest BCUT2D eigenvalue weighted by molar-refractivity contribution is 5.48. The molecule has 0 aromatic heterocycles. The van der Waals surface area contributed by atoms with Gasteiger partial charge in [0.25, 0.3) is 0 Å². The average molecular weight is 219 g/mol. The van der Waals surface area contributed by atoms with Crippen LogP contribution in [-0.4, -0.2) is 12.6 Å². The Hall–Kier alpha value is -1.02. The summed E-state index contributed by atoms with van der Waals surface area (Å²) in [4.78, 5) is 0. The number of rotatable bonds is 3. The Kier molecular flexibility index (Phi) is 2.50. The van der Waals surface area contributed by atoms with Gasteiger partial charge >= 0.3 is 0 Å². The molecule has 1 aliphatic rings. The van der Waals surface area contributed by atoms with Gasteiger partial charge in [0.1, 0.15) is 5.75 Å². The van der Waals surface area contributed by atoms with Gasteiger partial charge in [-0.15, -0.1) is 0 Å². The Bertz CT molecular complexity index is 405. The van der Waals surface area contributed by atoms with Gasteiger partial charge in [0, 0.05) is 16.5 Å². The zero-order chi connectivity index (χ0) is 12.0. The number of nitrogens with two attached hydrogens (primary N) is 1. The highest BCUT2D eigenvalue weighted by Crippen LogP contribution is 2.51. The van der Waals surface area contributed by atoms with Crippen molar-refractivity contribution >= 4 is 0 Å². The molecular weight excluding hydrogens is 198 g/mol. The predicted molar refractivity (Wildman–Crippen MR) is 66.9 cm³/mol. The molecule has 0 heterocycles. The zero-order valence-corrected chi connectivity index (χ0v) is 10.6. The monoisotopic (exact) mass is 219 g/mol. The van der Waals surface area contributed by atoms with Gasteiger partial charge in [-0.3, -0.25) is 0 Å². The molecule has 1 aromatic carbocycles. The first kappa shape index (κ1) is 11.5. The van der Waals surface area contributed by atoms with E-state index in [1.165, 1.54) is 11.1 Å². The Morgan fingerprint density at radius 3 is 2.44 bits per heavy atom. The molecule has 88 valence electrons. The van der Waals surface area contributed by atoms with Crippen LogP contribution in [0.5, 0.6) is 5.75 Å². The lowest BCUT2D eigenvalue weighted by Crippen LogP contribution is -2.44. The summed E-state index contributed by atoms with van der Waals surface area (Å²) in [7, 11) is 1.73. The molecule has 0 aliphatic heterocycles. The highest BCUT2D eigenvalue weighted by atomic mass is 16.5. The molecule has 0 atom stereocenters. The van der Waals surface area contributed by atoms with E-state index < -0.39 is 0 Å². The largest absolute Gasteiger partial charge is 0.496 e. The third kappa shape index (κ3) is 1.52. The normalized spacial score (nSPS) is 18.3. The number of hydrogen-bond acceptors (Lipinski definition) is 2. The number of aryl methyl sites for hydroxylation is 1. The van der Waals surface area contributed by atoms with Crippen molar-refractivity contribution in [3.05, 3.63) is 29.3 Å². The zero-order valence-electron chi connectivity index (χ0n) is 10.6. The van der Waals surface area contributed by atoms with Gasteiger partial charge in [-0.1, -0.05) is 26.0 Å².